The van der Waals surface area contributed by atoms with Crippen molar-refractivity contribution in [1.29, 1.82) is 5.53 Å². The van der Waals surface area contributed by atoms with Gasteiger partial charge in [0.15, 0.2) is 5.71 Å². The quantitative estimate of drug-likeness (QED) is 0.104. The molecule has 2 aliphatic heterocycles. The third-order valence-corrected chi connectivity index (χ3v) is 8.91. The monoisotopic (exact) mass is 563 g/mol. The molecule has 4 rings (SSSR count). The predicted molar refractivity (Wildman–Crippen MR) is 160 cm³/mol. The van der Waals surface area contributed by atoms with Crippen molar-refractivity contribution in [3.63, 3.8) is 0 Å². The van der Waals surface area contributed by atoms with Crippen LogP contribution in [0.5, 0.6) is 0 Å². The van der Waals surface area contributed by atoms with Crippen LogP contribution >= 0.6 is 0 Å². The molecule has 0 radical (unpaired) electrons. The highest BCUT2D eigenvalue weighted by molar-refractivity contribution is 7.85. The van der Waals surface area contributed by atoms with Crippen molar-refractivity contribution >= 4 is 27.2 Å². The highest BCUT2D eigenvalue weighted by atomic mass is 32.2. The minimum atomic E-state index is -3.96. The highest BCUT2D eigenvalue weighted by Gasteiger charge is 2.44. The second-order valence-electron chi connectivity index (χ2n) is 11.5. The van der Waals surface area contributed by atoms with Crippen molar-refractivity contribution in [1.82, 2.24) is 4.91 Å². The summed E-state index contributed by atoms with van der Waals surface area (Å²) in [6, 6.07) is 17.0. The van der Waals surface area contributed by atoms with Gasteiger partial charge in [-0.25, -0.2) is 0 Å². The summed E-state index contributed by atoms with van der Waals surface area (Å²) in [5, 5.41) is 3.80. The van der Waals surface area contributed by atoms with E-state index in [1.807, 2.05) is 6.07 Å². The number of hydrogen-bond donors (Lipinski definition) is 2. The Kier molecular flexibility index (Phi) is 8.88. The van der Waals surface area contributed by atoms with Gasteiger partial charge in [-0.3, -0.25) is 4.55 Å². The molecule has 9 heteroatoms. The maximum absolute atomic E-state index is 11.2. The number of benzene rings is 2. The van der Waals surface area contributed by atoms with Gasteiger partial charge >= 0.3 is 0 Å². The van der Waals surface area contributed by atoms with Crippen LogP contribution in [0.1, 0.15) is 64.5 Å². The molecule has 2 aromatic carbocycles. The van der Waals surface area contributed by atoms with Gasteiger partial charge in [0.05, 0.1) is 11.2 Å². The number of nitrogens with one attached hydrogen (secondary N) is 1. The molecule has 40 heavy (non-hydrogen) atoms. The van der Waals surface area contributed by atoms with Crippen molar-refractivity contribution < 1.29 is 17.5 Å². The summed E-state index contributed by atoms with van der Waals surface area (Å²) in [7, 11) is -3.96. The third-order valence-electron chi connectivity index (χ3n) is 8.10. The molecule has 0 saturated carbocycles. The van der Waals surface area contributed by atoms with Crippen molar-refractivity contribution in [3.05, 3.63) is 83.6 Å². The van der Waals surface area contributed by atoms with Crippen LogP contribution in [0.4, 0.5) is 11.4 Å². The smallest absolute Gasteiger partial charge is 0.264 e. The number of para-hydroxylation sites is 2. The van der Waals surface area contributed by atoms with Gasteiger partial charge in [0.2, 0.25) is 10.6 Å². The first kappa shape index (κ1) is 29.6. The fourth-order valence-corrected chi connectivity index (χ4v) is 6.62. The largest absolute Gasteiger partial charge is 0.344 e. The zero-order valence-corrected chi connectivity index (χ0v) is 24.8. The van der Waals surface area contributed by atoms with Gasteiger partial charge in [0, 0.05) is 47.5 Å². The average molecular weight is 564 g/mol. The molecule has 0 atom stereocenters. The van der Waals surface area contributed by atoms with Crippen molar-refractivity contribution in [2.75, 3.05) is 30.3 Å². The van der Waals surface area contributed by atoms with E-state index in [9.17, 15) is 8.42 Å². The van der Waals surface area contributed by atoms with Crippen molar-refractivity contribution in [2.45, 2.75) is 64.2 Å². The number of fused-ring (bicyclic) bond motifs is 2. The van der Waals surface area contributed by atoms with Gasteiger partial charge < -0.3 is 4.90 Å². The molecule has 0 unspecified atom stereocenters. The number of nitrogens with zero attached hydrogens (tertiary/aromatic N) is 4. The zero-order chi connectivity index (χ0) is 29.0. The summed E-state index contributed by atoms with van der Waals surface area (Å²) in [4.78, 5) is 5.41. The molecular formula is C31H41N5O3S+2. The molecular weight excluding hydrogens is 522 g/mol. The van der Waals surface area contributed by atoms with Crippen LogP contribution in [0, 0.1) is 5.53 Å². The molecule has 0 spiro atoms. The molecule has 2 aromatic rings. The molecule has 0 fully saturated rings. The van der Waals surface area contributed by atoms with E-state index >= 15 is 0 Å². The number of hydrogen-bond acceptors (Lipinski definition) is 5. The summed E-state index contributed by atoms with van der Waals surface area (Å²) >= 11 is 0. The van der Waals surface area contributed by atoms with E-state index in [0.717, 1.165) is 30.8 Å². The molecule has 0 aromatic heterocycles. The van der Waals surface area contributed by atoms with Gasteiger partial charge in [-0.05, 0) is 50.8 Å². The second kappa shape index (κ2) is 12.0. The van der Waals surface area contributed by atoms with Gasteiger partial charge in [0.1, 0.15) is 23.7 Å². The Morgan fingerprint density at radius 3 is 2.40 bits per heavy atom. The average Bonchev–Trinajstić information content (AvgIpc) is 3.25. The molecule has 0 saturated heterocycles. The van der Waals surface area contributed by atoms with Crippen molar-refractivity contribution in [2.24, 2.45) is 5.11 Å². The summed E-state index contributed by atoms with van der Waals surface area (Å²) in [6.45, 7) is 11.1. The summed E-state index contributed by atoms with van der Waals surface area (Å²) < 4.78 is 34.0. The standard InChI is InChI=1S/C31H40N5O3S/c1-30(2)24-14-5-7-16-26(24)35(21-10-9-20-33-34-32)28(30)18-13-19-29-31(3,4)25-15-6-8-17-27(25)36(29)22-11-12-23-40(37,38)39/h5-8,13-19,32H,9-12,20-23H2,1-4H3/q+1/p+1. The van der Waals surface area contributed by atoms with E-state index in [4.69, 9.17) is 10.1 Å². The normalized spacial score (nSPS) is 18.3. The molecule has 0 bridgehead atoms. The van der Waals surface area contributed by atoms with Crippen LogP contribution in [0.2, 0.25) is 0 Å². The van der Waals surface area contributed by atoms with Gasteiger partial charge in [0.25, 0.3) is 10.1 Å². The van der Waals surface area contributed by atoms with Crippen LogP contribution in [0.25, 0.3) is 0 Å². The van der Waals surface area contributed by atoms with Gasteiger partial charge in [-0.15, -0.1) is 0 Å². The molecule has 0 amide bonds. The molecule has 8 nitrogen and oxygen atoms in total. The predicted octanol–water partition coefficient (Wildman–Crippen LogP) is 6.30. The lowest BCUT2D eigenvalue weighted by atomic mass is 9.81. The summed E-state index contributed by atoms with van der Waals surface area (Å²) in [6.07, 6.45) is 9.46. The number of allylic oxidation sites excluding steroid dienone is 4. The second-order valence-corrected chi connectivity index (χ2v) is 13.1. The van der Waals surface area contributed by atoms with Gasteiger partial charge in [-0.1, -0.05) is 56.3 Å². The number of rotatable bonds is 12. The Morgan fingerprint density at radius 2 is 1.68 bits per heavy atom. The molecule has 2 N–H and O–H groups in total. The number of unbranched alkanes of at least 4 members (excludes halogenated alkanes) is 2. The third kappa shape index (κ3) is 6.17. The van der Waals surface area contributed by atoms with Crippen molar-refractivity contribution in [3.8, 4) is 0 Å². The SMILES string of the molecule is CC1(C)C(=CC=CC2=[N+](CCCCN=[N+]=N)c3ccccc3C2(C)C)N(CCCCS(=O)(=O)O)c2ccccc21. The fraction of sp³-hybridized carbons (Fsp3) is 0.452. The van der Waals surface area contributed by atoms with E-state index in [0.29, 0.717) is 25.9 Å². The lowest BCUT2D eigenvalue weighted by Crippen LogP contribution is -2.28. The first-order valence-corrected chi connectivity index (χ1v) is 15.6. The zero-order valence-electron chi connectivity index (χ0n) is 24.0. The molecule has 2 aliphatic rings. The first-order chi connectivity index (χ1) is 19.0. The Labute approximate surface area is 238 Å². The van der Waals surface area contributed by atoms with Crippen LogP contribution in [-0.2, 0) is 20.9 Å². The minimum absolute atomic E-state index is 0.157. The van der Waals surface area contributed by atoms with E-state index in [-0.39, 0.29) is 16.6 Å². The first-order valence-electron chi connectivity index (χ1n) is 14.0. The van der Waals surface area contributed by atoms with Crippen LogP contribution in [0.15, 0.2) is 77.6 Å². The topological polar surface area (TPSA) is 111 Å². The van der Waals surface area contributed by atoms with Crippen LogP contribution in [-0.4, -0.2) is 48.6 Å². The lowest BCUT2D eigenvalue weighted by Gasteiger charge is -2.27. The minimum Gasteiger partial charge on any atom is -0.344 e. The number of anilines is 1. The Hall–Kier alpha value is -3.39. The Morgan fingerprint density at radius 1 is 0.975 bits per heavy atom. The van der Waals surface area contributed by atoms with E-state index in [1.165, 1.54) is 22.5 Å². The Bertz CT molecular complexity index is 1500. The van der Waals surface area contributed by atoms with Crippen LogP contribution in [0.3, 0.4) is 0 Å². The van der Waals surface area contributed by atoms with E-state index < -0.39 is 10.1 Å². The Balaban J connectivity index is 1.65. The summed E-state index contributed by atoms with van der Waals surface area (Å²) in [5.41, 5.74) is 13.8. The maximum Gasteiger partial charge on any atom is 0.264 e. The van der Waals surface area contributed by atoms with Gasteiger partial charge in [-0.2, -0.15) is 13.0 Å². The maximum atomic E-state index is 11.2. The van der Waals surface area contributed by atoms with E-state index in [1.54, 1.807) is 0 Å². The molecule has 0 aliphatic carbocycles. The van der Waals surface area contributed by atoms with E-state index in [2.05, 4.69) is 108 Å². The lowest BCUT2D eigenvalue weighted by molar-refractivity contribution is -0.438. The fourth-order valence-electron chi connectivity index (χ4n) is 6.05. The summed E-state index contributed by atoms with van der Waals surface area (Å²) in [5.74, 6) is -0.222. The highest BCUT2D eigenvalue weighted by Crippen LogP contribution is 2.47. The molecule has 2 heterocycles. The van der Waals surface area contributed by atoms with Crippen LogP contribution < -0.4 is 9.81 Å². The molecule has 212 valence electrons.